The lowest BCUT2D eigenvalue weighted by Crippen LogP contribution is -2.39. The van der Waals surface area contributed by atoms with E-state index in [9.17, 15) is 14.0 Å². The summed E-state index contributed by atoms with van der Waals surface area (Å²) in [5.41, 5.74) is 5.50. The number of carbonyl (C=O) groups is 2. The van der Waals surface area contributed by atoms with E-state index in [0.717, 1.165) is 19.2 Å². The van der Waals surface area contributed by atoms with E-state index in [1.807, 2.05) is 13.8 Å². The fourth-order valence-electron chi connectivity index (χ4n) is 1.03. The SMILES string of the molecule is CC.COC(=O)C(N)C(=O)c1ccc(F)cc1. The van der Waals surface area contributed by atoms with E-state index in [0.29, 0.717) is 0 Å². The quantitative estimate of drug-likeness (QED) is 0.495. The number of ketones is 1. The number of hydrogen-bond donors (Lipinski definition) is 1. The summed E-state index contributed by atoms with van der Waals surface area (Å²) in [7, 11) is 1.14. The molecule has 1 aromatic carbocycles. The standard InChI is InChI=1S/C10H10FNO3.C2H6/c1-15-10(14)8(12)9(13)6-2-4-7(11)5-3-6;1-2/h2-5,8H,12H2,1H3;1-2H3. The molecule has 1 atom stereocenters. The molecule has 0 saturated heterocycles. The zero-order chi connectivity index (χ0) is 13.4. The van der Waals surface area contributed by atoms with Crippen LogP contribution >= 0.6 is 0 Å². The lowest BCUT2D eigenvalue weighted by atomic mass is 10.1. The molecule has 17 heavy (non-hydrogen) atoms. The third-order valence-corrected chi connectivity index (χ3v) is 1.87. The molecule has 0 amide bonds. The largest absolute Gasteiger partial charge is 0.468 e. The molecule has 1 unspecified atom stereocenters. The highest BCUT2D eigenvalue weighted by Gasteiger charge is 2.23. The fraction of sp³-hybridized carbons (Fsp3) is 0.333. The number of carbonyl (C=O) groups excluding carboxylic acids is 2. The van der Waals surface area contributed by atoms with Crippen molar-refractivity contribution in [3.8, 4) is 0 Å². The van der Waals surface area contributed by atoms with Crippen molar-refractivity contribution >= 4 is 11.8 Å². The predicted molar refractivity (Wildman–Crippen MR) is 62.1 cm³/mol. The number of hydrogen-bond acceptors (Lipinski definition) is 4. The molecule has 1 rings (SSSR count). The van der Waals surface area contributed by atoms with Gasteiger partial charge < -0.3 is 10.5 Å². The van der Waals surface area contributed by atoms with Gasteiger partial charge in [-0.1, -0.05) is 13.8 Å². The van der Waals surface area contributed by atoms with E-state index >= 15 is 0 Å². The first-order chi connectivity index (χ1) is 8.06. The third kappa shape index (κ3) is 4.32. The summed E-state index contributed by atoms with van der Waals surface area (Å²) in [4.78, 5) is 22.5. The zero-order valence-corrected chi connectivity index (χ0v) is 10.1. The molecule has 0 bridgehead atoms. The van der Waals surface area contributed by atoms with E-state index in [2.05, 4.69) is 4.74 Å². The Morgan fingerprint density at radius 1 is 1.24 bits per heavy atom. The van der Waals surface area contributed by atoms with Crippen LogP contribution in [-0.4, -0.2) is 24.9 Å². The molecule has 0 radical (unpaired) electrons. The molecule has 0 aliphatic heterocycles. The molecule has 5 heteroatoms. The number of methoxy groups -OCH3 is 1. The van der Waals surface area contributed by atoms with Gasteiger partial charge in [0.15, 0.2) is 11.8 Å². The number of esters is 1. The van der Waals surface area contributed by atoms with Crippen LogP contribution in [0.15, 0.2) is 24.3 Å². The predicted octanol–water partition coefficient (Wildman–Crippen LogP) is 1.53. The summed E-state index contributed by atoms with van der Waals surface area (Å²) in [5, 5.41) is 0. The minimum Gasteiger partial charge on any atom is -0.468 e. The average Bonchev–Trinajstić information content (AvgIpc) is 2.39. The third-order valence-electron chi connectivity index (χ3n) is 1.87. The molecule has 2 N–H and O–H groups in total. The van der Waals surface area contributed by atoms with Crippen LogP contribution in [0.25, 0.3) is 0 Å². The molecule has 4 nitrogen and oxygen atoms in total. The van der Waals surface area contributed by atoms with Crippen LogP contribution in [0.2, 0.25) is 0 Å². The fourth-order valence-corrected chi connectivity index (χ4v) is 1.03. The molecular weight excluding hydrogens is 225 g/mol. The van der Waals surface area contributed by atoms with Crippen LogP contribution in [0.1, 0.15) is 24.2 Å². The molecular formula is C12H16FNO3. The van der Waals surface area contributed by atoms with Gasteiger partial charge in [0.05, 0.1) is 7.11 Å². The summed E-state index contributed by atoms with van der Waals surface area (Å²) in [5.74, 6) is -1.87. The van der Waals surface area contributed by atoms with Crippen molar-refractivity contribution in [2.24, 2.45) is 5.73 Å². The van der Waals surface area contributed by atoms with Gasteiger partial charge in [0.2, 0.25) is 0 Å². The van der Waals surface area contributed by atoms with Gasteiger partial charge in [-0.25, -0.2) is 9.18 Å². The Morgan fingerprint density at radius 3 is 2.12 bits per heavy atom. The maximum atomic E-state index is 12.5. The number of benzene rings is 1. The summed E-state index contributed by atoms with van der Waals surface area (Å²) in [6.07, 6.45) is 0. The smallest absolute Gasteiger partial charge is 0.330 e. The van der Waals surface area contributed by atoms with E-state index in [-0.39, 0.29) is 5.56 Å². The van der Waals surface area contributed by atoms with Gasteiger partial charge in [-0.3, -0.25) is 4.79 Å². The van der Waals surface area contributed by atoms with Crippen LogP contribution in [0.4, 0.5) is 4.39 Å². The van der Waals surface area contributed by atoms with Crippen molar-refractivity contribution in [2.45, 2.75) is 19.9 Å². The topological polar surface area (TPSA) is 69.4 Å². The molecule has 0 spiro atoms. The molecule has 0 fully saturated rings. The van der Waals surface area contributed by atoms with Gasteiger partial charge in [-0.15, -0.1) is 0 Å². The second-order valence-electron chi connectivity index (χ2n) is 2.87. The zero-order valence-electron chi connectivity index (χ0n) is 10.1. The summed E-state index contributed by atoms with van der Waals surface area (Å²) >= 11 is 0. The first-order valence-corrected chi connectivity index (χ1v) is 5.19. The molecule has 0 aliphatic carbocycles. The highest BCUT2D eigenvalue weighted by atomic mass is 19.1. The first-order valence-electron chi connectivity index (χ1n) is 5.19. The van der Waals surface area contributed by atoms with Gasteiger partial charge in [-0.05, 0) is 24.3 Å². The van der Waals surface area contributed by atoms with E-state index < -0.39 is 23.6 Å². The minimum absolute atomic E-state index is 0.175. The van der Waals surface area contributed by atoms with Gasteiger partial charge in [0.1, 0.15) is 5.82 Å². The van der Waals surface area contributed by atoms with Crippen LogP contribution in [0, 0.1) is 5.82 Å². The Hall–Kier alpha value is -1.75. The highest BCUT2D eigenvalue weighted by molar-refractivity contribution is 6.11. The molecule has 1 aromatic rings. The second-order valence-corrected chi connectivity index (χ2v) is 2.87. The second kappa shape index (κ2) is 7.51. The Kier molecular flexibility index (Phi) is 6.74. The Morgan fingerprint density at radius 2 is 1.71 bits per heavy atom. The van der Waals surface area contributed by atoms with Crippen molar-refractivity contribution in [3.63, 3.8) is 0 Å². The Labute approximate surface area is 99.6 Å². The molecule has 0 heterocycles. The van der Waals surface area contributed by atoms with Gasteiger partial charge in [0, 0.05) is 5.56 Å². The van der Waals surface area contributed by atoms with Crippen molar-refractivity contribution in [1.82, 2.24) is 0 Å². The van der Waals surface area contributed by atoms with E-state index in [4.69, 9.17) is 5.73 Å². The number of Topliss-reactive ketones (excluding diaryl/α,β-unsaturated/α-hetero) is 1. The van der Waals surface area contributed by atoms with Crippen LogP contribution < -0.4 is 5.73 Å². The number of halogens is 1. The monoisotopic (exact) mass is 241 g/mol. The number of nitrogens with two attached hydrogens (primary N) is 1. The van der Waals surface area contributed by atoms with E-state index in [1.54, 1.807) is 0 Å². The molecule has 0 aliphatic rings. The molecule has 0 aromatic heterocycles. The van der Waals surface area contributed by atoms with E-state index in [1.165, 1.54) is 12.1 Å². The molecule has 94 valence electrons. The summed E-state index contributed by atoms with van der Waals surface area (Å²) < 4.78 is 16.9. The molecule has 0 saturated carbocycles. The van der Waals surface area contributed by atoms with Crippen molar-refractivity contribution in [2.75, 3.05) is 7.11 Å². The van der Waals surface area contributed by atoms with Crippen molar-refractivity contribution < 1.29 is 18.7 Å². The Bertz CT molecular complexity index is 376. The van der Waals surface area contributed by atoms with Crippen LogP contribution in [0.3, 0.4) is 0 Å². The highest BCUT2D eigenvalue weighted by Crippen LogP contribution is 2.05. The lowest BCUT2D eigenvalue weighted by Gasteiger charge is -2.07. The van der Waals surface area contributed by atoms with Gasteiger partial charge in [0.25, 0.3) is 0 Å². The first kappa shape index (κ1) is 15.2. The van der Waals surface area contributed by atoms with Crippen LogP contribution in [-0.2, 0) is 9.53 Å². The van der Waals surface area contributed by atoms with Crippen molar-refractivity contribution in [1.29, 1.82) is 0 Å². The minimum atomic E-state index is -1.36. The lowest BCUT2D eigenvalue weighted by molar-refractivity contribution is -0.140. The normalized spacial score (nSPS) is 10.9. The maximum absolute atomic E-state index is 12.5. The van der Waals surface area contributed by atoms with Gasteiger partial charge >= 0.3 is 5.97 Å². The van der Waals surface area contributed by atoms with Crippen molar-refractivity contribution in [3.05, 3.63) is 35.6 Å². The summed E-state index contributed by atoms with van der Waals surface area (Å²) in [6.45, 7) is 4.00. The number of rotatable bonds is 3. The maximum Gasteiger partial charge on any atom is 0.330 e. The van der Waals surface area contributed by atoms with Crippen LogP contribution in [0.5, 0.6) is 0 Å². The van der Waals surface area contributed by atoms with Gasteiger partial charge in [-0.2, -0.15) is 0 Å². The summed E-state index contributed by atoms with van der Waals surface area (Å²) in [6, 6.07) is 3.41. The average molecular weight is 241 g/mol. The number of ether oxygens (including phenoxy) is 1. The Balaban J connectivity index is 0.00000121.